The molecule has 0 spiro atoms. The molecule has 8 heteroatoms. The number of hydrogen-bond acceptors (Lipinski definition) is 3. The lowest BCUT2D eigenvalue weighted by molar-refractivity contribution is -0.192. The highest BCUT2D eigenvalue weighted by Gasteiger charge is 2.38. The third-order valence-corrected chi connectivity index (χ3v) is 2.58. The number of halogens is 3. The molecule has 110 valence electrons. The van der Waals surface area contributed by atoms with Crippen molar-refractivity contribution in [2.24, 2.45) is 5.92 Å². The maximum Gasteiger partial charge on any atom is 0.490 e. The highest BCUT2D eigenvalue weighted by Crippen LogP contribution is 2.13. The number of carbonyl (C=O) groups is 2. The molecule has 5 nitrogen and oxygen atoms in total. The number of rotatable bonds is 2. The van der Waals surface area contributed by atoms with Gasteiger partial charge >= 0.3 is 12.1 Å². The Morgan fingerprint density at radius 3 is 2.37 bits per heavy atom. The summed E-state index contributed by atoms with van der Waals surface area (Å²) in [6.07, 6.45) is -2.64. The predicted octanol–water partition coefficient (Wildman–Crippen LogP) is 0.920. The number of hydrogen-bond donors (Lipinski definition) is 3. The summed E-state index contributed by atoms with van der Waals surface area (Å²) in [5, 5.41) is 13.3. The Kier molecular flexibility index (Phi) is 7.13. The number of alkyl halides is 3. The molecule has 0 bridgehead atoms. The molecule has 0 aromatic heterocycles. The molecule has 1 fully saturated rings. The summed E-state index contributed by atoms with van der Waals surface area (Å²) in [5.74, 6) is -2.27. The average molecular weight is 282 g/mol. The third-order valence-electron chi connectivity index (χ3n) is 2.58. The minimum atomic E-state index is -5.08. The van der Waals surface area contributed by atoms with Gasteiger partial charge in [0, 0.05) is 12.6 Å². The van der Waals surface area contributed by atoms with Crippen LogP contribution in [0.4, 0.5) is 13.2 Å². The van der Waals surface area contributed by atoms with E-state index < -0.39 is 12.1 Å². The molecule has 1 rings (SSSR count). The number of piperidine rings is 1. The van der Waals surface area contributed by atoms with Gasteiger partial charge in [0.1, 0.15) is 0 Å². The molecule has 1 heterocycles. The van der Waals surface area contributed by atoms with Crippen molar-refractivity contribution in [1.82, 2.24) is 10.6 Å². The van der Waals surface area contributed by atoms with Crippen molar-refractivity contribution in [2.45, 2.75) is 25.6 Å². The van der Waals surface area contributed by atoms with Crippen LogP contribution in [0.15, 0.2) is 12.7 Å². The van der Waals surface area contributed by atoms with Gasteiger partial charge in [-0.2, -0.15) is 13.2 Å². The molecule has 0 aromatic carbocycles. The topological polar surface area (TPSA) is 78.4 Å². The third kappa shape index (κ3) is 7.45. The fourth-order valence-corrected chi connectivity index (χ4v) is 1.42. The van der Waals surface area contributed by atoms with E-state index in [2.05, 4.69) is 24.1 Å². The first-order chi connectivity index (χ1) is 8.68. The van der Waals surface area contributed by atoms with Crippen LogP contribution in [0.25, 0.3) is 0 Å². The van der Waals surface area contributed by atoms with Gasteiger partial charge in [-0.1, -0.05) is 13.5 Å². The van der Waals surface area contributed by atoms with Gasteiger partial charge in [0.2, 0.25) is 5.91 Å². The minimum absolute atomic E-state index is 0.0736. The SMILES string of the molecule is C=CC(=O)N[C@H]1CNCC[C@H]1C.O=C(O)C(F)(F)F. The molecule has 0 aromatic rings. The Hall–Kier alpha value is -1.57. The van der Waals surface area contributed by atoms with Crippen LogP contribution in [0.5, 0.6) is 0 Å². The predicted molar refractivity (Wildman–Crippen MR) is 62.5 cm³/mol. The highest BCUT2D eigenvalue weighted by molar-refractivity contribution is 5.87. The second-order valence-electron chi connectivity index (χ2n) is 4.09. The number of aliphatic carboxylic acids is 1. The highest BCUT2D eigenvalue weighted by atomic mass is 19.4. The normalized spacial score (nSPS) is 22.7. The first kappa shape index (κ1) is 17.4. The number of carbonyl (C=O) groups excluding carboxylic acids is 1. The molecule has 0 aliphatic carbocycles. The zero-order valence-electron chi connectivity index (χ0n) is 10.5. The Balaban J connectivity index is 0.000000399. The van der Waals surface area contributed by atoms with Crippen LogP contribution in [0.3, 0.4) is 0 Å². The first-order valence-electron chi connectivity index (χ1n) is 5.62. The molecule has 19 heavy (non-hydrogen) atoms. The van der Waals surface area contributed by atoms with Gasteiger partial charge in [-0.3, -0.25) is 4.79 Å². The van der Waals surface area contributed by atoms with Crippen LogP contribution < -0.4 is 10.6 Å². The van der Waals surface area contributed by atoms with E-state index in [1.165, 1.54) is 6.08 Å². The van der Waals surface area contributed by atoms with Crippen molar-refractivity contribution >= 4 is 11.9 Å². The van der Waals surface area contributed by atoms with Gasteiger partial charge in [0.05, 0.1) is 0 Å². The van der Waals surface area contributed by atoms with Crippen LogP contribution in [0, 0.1) is 5.92 Å². The maximum absolute atomic E-state index is 11.0. The number of amides is 1. The average Bonchev–Trinajstić information content (AvgIpc) is 2.31. The lowest BCUT2D eigenvalue weighted by atomic mass is 9.95. The van der Waals surface area contributed by atoms with E-state index in [-0.39, 0.29) is 11.9 Å². The van der Waals surface area contributed by atoms with Crippen LogP contribution >= 0.6 is 0 Å². The second-order valence-corrected chi connectivity index (χ2v) is 4.09. The monoisotopic (exact) mass is 282 g/mol. The van der Waals surface area contributed by atoms with E-state index in [1.54, 1.807) is 0 Å². The van der Waals surface area contributed by atoms with Crippen LogP contribution in [0.1, 0.15) is 13.3 Å². The number of carboxylic acids is 1. The first-order valence-corrected chi connectivity index (χ1v) is 5.62. The molecule has 1 aliphatic rings. The molecule has 1 saturated heterocycles. The molecule has 0 radical (unpaired) electrons. The summed E-state index contributed by atoms with van der Waals surface area (Å²) in [4.78, 5) is 19.9. The molecule has 1 aliphatic heterocycles. The molecular weight excluding hydrogens is 265 g/mol. The van der Waals surface area contributed by atoms with Crippen molar-refractivity contribution < 1.29 is 27.9 Å². The van der Waals surface area contributed by atoms with Crippen molar-refractivity contribution in [3.05, 3.63) is 12.7 Å². The second kappa shape index (κ2) is 7.78. The van der Waals surface area contributed by atoms with E-state index in [1.807, 2.05) is 0 Å². The fraction of sp³-hybridized carbons (Fsp3) is 0.636. The van der Waals surface area contributed by atoms with Crippen molar-refractivity contribution in [3.63, 3.8) is 0 Å². The van der Waals surface area contributed by atoms with Gasteiger partial charge < -0.3 is 15.7 Å². The van der Waals surface area contributed by atoms with Gasteiger partial charge in [-0.05, 0) is 25.0 Å². The lowest BCUT2D eigenvalue weighted by Gasteiger charge is -2.29. The number of nitrogens with one attached hydrogen (secondary N) is 2. The Morgan fingerprint density at radius 2 is 2.00 bits per heavy atom. The van der Waals surface area contributed by atoms with E-state index in [4.69, 9.17) is 9.90 Å². The fourth-order valence-electron chi connectivity index (χ4n) is 1.42. The summed E-state index contributed by atoms with van der Waals surface area (Å²) in [6.45, 7) is 7.51. The van der Waals surface area contributed by atoms with E-state index in [9.17, 15) is 18.0 Å². The van der Waals surface area contributed by atoms with E-state index >= 15 is 0 Å². The van der Waals surface area contributed by atoms with Crippen molar-refractivity contribution in [3.8, 4) is 0 Å². The summed E-state index contributed by atoms with van der Waals surface area (Å²) in [6, 6.07) is 0.268. The molecule has 0 unspecified atom stereocenters. The quantitative estimate of drug-likeness (QED) is 0.658. The largest absolute Gasteiger partial charge is 0.490 e. The van der Waals surface area contributed by atoms with Gasteiger partial charge in [0.25, 0.3) is 0 Å². The summed E-state index contributed by atoms with van der Waals surface area (Å²) in [7, 11) is 0. The Morgan fingerprint density at radius 1 is 1.47 bits per heavy atom. The van der Waals surface area contributed by atoms with Crippen LogP contribution in [-0.2, 0) is 9.59 Å². The van der Waals surface area contributed by atoms with E-state index in [0.29, 0.717) is 5.92 Å². The smallest absolute Gasteiger partial charge is 0.475 e. The minimum Gasteiger partial charge on any atom is -0.475 e. The Labute approximate surface area is 108 Å². The maximum atomic E-state index is 11.0. The van der Waals surface area contributed by atoms with Crippen LogP contribution in [0.2, 0.25) is 0 Å². The van der Waals surface area contributed by atoms with Gasteiger partial charge in [0.15, 0.2) is 0 Å². The zero-order valence-corrected chi connectivity index (χ0v) is 10.5. The lowest BCUT2D eigenvalue weighted by Crippen LogP contribution is -2.49. The Bertz CT molecular complexity index is 332. The van der Waals surface area contributed by atoms with Gasteiger partial charge in [-0.25, -0.2) is 4.79 Å². The molecule has 2 atom stereocenters. The summed E-state index contributed by atoms with van der Waals surface area (Å²) >= 11 is 0. The molecular formula is C11H17F3N2O3. The standard InChI is InChI=1S/C9H16N2O.C2HF3O2/c1-3-9(12)11-8-6-10-5-4-7(8)2;3-2(4,5)1(6)7/h3,7-8,10H,1,4-6H2,2H3,(H,11,12);(H,6,7)/t7-,8+;/m1./s1. The van der Waals surface area contributed by atoms with Gasteiger partial charge in [-0.15, -0.1) is 0 Å². The summed E-state index contributed by atoms with van der Waals surface area (Å²) in [5.41, 5.74) is 0. The van der Waals surface area contributed by atoms with Crippen LogP contribution in [-0.4, -0.2) is 42.3 Å². The van der Waals surface area contributed by atoms with Crippen molar-refractivity contribution in [2.75, 3.05) is 13.1 Å². The summed E-state index contributed by atoms with van der Waals surface area (Å²) < 4.78 is 31.7. The molecule has 1 amide bonds. The molecule has 3 N–H and O–H groups in total. The zero-order chi connectivity index (χ0) is 15.1. The number of carboxylic acid groups (broad SMARTS) is 1. The van der Waals surface area contributed by atoms with Crippen molar-refractivity contribution in [1.29, 1.82) is 0 Å². The molecule has 0 saturated carbocycles. The van der Waals surface area contributed by atoms with E-state index in [0.717, 1.165) is 19.5 Å².